The zero-order valence-electron chi connectivity index (χ0n) is 20.6. The van der Waals surface area contributed by atoms with Crippen LogP contribution in [-0.4, -0.2) is 54.4 Å². The highest BCUT2D eigenvalue weighted by molar-refractivity contribution is 7.89. The molecule has 1 N–H and O–H groups in total. The molecule has 7 nitrogen and oxygen atoms in total. The van der Waals surface area contributed by atoms with Crippen LogP contribution in [0.15, 0.2) is 65.6 Å². The van der Waals surface area contributed by atoms with Gasteiger partial charge in [0.15, 0.2) is 0 Å². The second kappa shape index (κ2) is 9.35. The van der Waals surface area contributed by atoms with Gasteiger partial charge < -0.3 is 9.84 Å². The minimum atomic E-state index is -3.66. The Balaban J connectivity index is 1.19. The molecule has 6 rings (SSSR count). The third-order valence-corrected chi connectivity index (χ3v) is 9.93. The molecule has 2 aromatic carbocycles. The fourth-order valence-corrected chi connectivity index (χ4v) is 7.34. The maximum Gasteiger partial charge on any atom is 0.243 e. The fourth-order valence-electron chi connectivity index (χ4n) is 5.65. The monoisotopic (exact) mass is 518 g/mol. The van der Waals surface area contributed by atoms with Crippen molar-refractivity contribution in [1.82, 2.24) is 9.29 Å². The number of pyridine rings is 1. The Morgan fingerprint density at radius 1 is 1.11 bits per heavy atom. The maximum absolute atomic E-state index is 13.4. The third-order valence-electron chi connectivity index (χ3n) is 7.96. The standard InChI is InChI=1S/C29H30N2O5S/c32-19-24-4-2-15-31(24)37(34,35)25-9-6-20(7-10-25)26-5-1-3-23(30-26)18-28(33)29(13-14-29)22-8-11-27-21(17-22)12-16-36-27/h1,3,5-11,17,24,32H,2,4,12-16,18-19H2/t24-/m1/s1. The Bertz CT molecular complexity index is 1450. The summed E-state index contributed by atoms with van der Waals surface area (Å²) >= 11 is 0. The zero-order valence-corrected chi connectivity index (χ0v) is 21.4. The minimum absolute atomic E-state index is 0.172. The van der Waals surface area contributed by atoms with Gasteiger partial charge in [-0.05, 0) is 67.1 Å². The first kappa shape index (κ1) is 24.3. The summed E-state index contributed by atoms with van der Waals surface area (Å²) in [7, 11) is -3.66. The second-order valence-electron chi connectivity index (χ2n) is 10.2. The number of hydrogen-bond acceptors (Lipinski definition) is 6. The number of benzene rings is 2. The number of sulfonamides is 1. The first-order valence-electron chi connectivity index (χ1n) is 12.9. The largest absolute Gasteiger partial charge is 0.493 e. The van der Waals surface area contributed by atoms with E-state index in [9.17, 15) is 18.3 Å². The van der Waals surface area contributed by atoms with Crippen LogP contribution in [0.2, 0.25) is 0 Å². The van der Waals surface area contributed by atoms with Gasteiger partial charge in [0.2, 0.25) is 10.0 Å². The summed E-state index contributed by atoms with van der Waals surface area (Å²) in [5, 5.41) is 9.54. The Morgan fingerprint density at radius 2 is 1.92 bits per heavy atom. The number of hydrogen-bond donors (Lipinski definition) is 1. The number of aliphatic hydroxyl groups is 1. The second-order valence-corrected chi connectivity index (χ2v) is 12.1. The summed E-state index contributed by atoms with van der Waals surface area (Å²) in [5.74, 6) is 1.11. The molecule has 3 aromatic rings. The summed E-state index contributed by atoms with van der Waals surface area (Å²) in [6.07, 6.45) is 4.28. The number of rotatable bonds is 8. The molecule has 2 aliphatic heterocycles. The summed E-state index contributed by atoms with van der Waals surface area (Å²) in [6, 6.07) is 18.1. The van der Waals surface area contributed by atoms with Crippen LogP contribution in [0.25, 0.3) is 11.3 Å². The van der Waals surface area contributed by atoms with Gasteiger partial charge in [-0.15, -0.1) is 0 Å². The van der Waals surface area contributed by atoms with Gasteiger partial charge in [-0.3, -0.25) is 9.78 Å². The maximum atomic E-state index is 13.4. The van der Waals surface area contributed by atoms with Crippen molar-refractivity contribution in [3.05, 3.63) is 77.5 Å². The molecule has 0 unspecified atom stereocenters. The molecule has 0 bridgehead atoms. The van der Waals surface area contributed by atoms with Gasteiger partial charge in [0.05, 0.1) is 29.2 Å². The molecule has 37 heavy (non-hydrogen) atoms. The first-order chi connectivity index (χ1) is 17.9. The van der Waals surface area contributed by atoms with Crippen LogP contribution in [0, 0.1) is 0 Å². The Kier molecular flexibility index (Phi) is 6.13. The van der Waals surface area contributed by atoms with Crippen LogP contribution in [0.4, 0.5) is 0 Å². The Morgan fingerprint density at radius 3 is 2.68 bits per heavy atom. The lowest BCUT2D eigenvalue weighted by molar-refractivity contribution is -0.120. The molecule has 1 atom stereocenters. The molecule has 192 valence electrons. The van der Waals surface area contributed by atoms with E-state index in [2.05, 4.69) is 6.07 Å². The highest BCUT2D eigenvalue weighted by Crippen LogP contribution is 2.50. The van der Waals surface area contributed by atoms with Crippen molar-refractivity contribution in [2.75, 3.05) is 19.8 Å². The predicted octanol–water partition coefficient (Wildman–Crippen LogP) is 3.67. The number of carbonyl (C=O) groups excluding carboxylic acids is 1. The van der Waals surface area contributed by atoms with Crippen LogP contribution in [0.1, 0.15) is 42.5 Å². The van der Waals surface area contributed by atoms with Gasteiger partial charge in [0, 0.05) is 36.7 Å². The van der Waals surface area contributed by atoms with Crippen molar-refractivity contribution in [2.24, 2.45) is 0 Å². The molecule has 3 aliphatic rings. The van der Waals surface area contributed by atoms with Gasteiger partial charge >= 0.3 is 0 Å². The quantitative estimate of drug-likeness (QED) is 0.489. The topological polar surface area (TPSA) is 96.8 Å². The molecule has 0 radical (unpaired) electrons. The van der Waals surface area contributed by atoms with Crippen LogP contribution in [0.5, 0.6) is 5.75 Å². The zero-order chi connectivity index (χ0) is 25.6. The normalized spacial score (nSPS) is 20.4. The van der Waals surface area contributed by atoms with Gasteiger partial charge in [0.1, 0.15) is 11.5 Å². The summed E-state index contributed by atoms with van der Waals surface area (Å²) in [6.45, 7) is 0.952. The number of ether oxygens (including phenoxy) is 1. The number of fused-ring (bicyclic) bond motifs is 1. The highest BCUT2D eigenvalue weighted by atomic mass is 32.2. The van der Waals surface area contributed by atoms with Crippen LogP contribution >= 0.6 is 0 Å². The van der Waals surface area contributed by atoms with Crippen LogP contribution in [-0.2, 0) is 33.1 Å². The Labute approximate surface area is 217 Å². The van der Waals surface area contributed by atoms with Crippen molar-refractivity contribution < 1.29 is 23.1 Å². The lowest BCUT2D eigenvalue weighted by Gasteiger charge is -2.22. The molecule has 2 fully saturated rings. The summed E-state index contributed by atoms with van der Waals surface area (Å²) in [5.41, 5.74) is 4.02. The van der Waals surface area contributed by atoms with E-state index >= 15 is 0 Å². The molecule has 1 saturated carbocycles. The first-order valence-corrected chi connectivity index (χ1v) is 14.3. The van der Waals surface area contributed by atoms with Gasteiger partial charge in [-0.1, -0.05) is 30.3 Å². The average molecular weight is 519 g/mol. The number of Topliss-reactive ketones (excluding diaryl/α,β-unsaturated/α-hetero) is 1. The van der Waals surface area contributed by atoms with E-state index in [-0.39, 0.29) is 29.7 Å². The van der Waals surface area contributed by atoms with Gasteiger partial charge in [-0.25, -0.2) is 8.42 Å². The van der Waals surface area contributed by atoms with Crippen LogP contribution in [0.3, 0.4) is 0 Å². The predicted molar refractivity (Wildman–Crippen MR) is 139 cm³/mol. The van der Waals surface area contributed by atoms with E-state index in [1.807, 2.05) is 30.3 Å². The molecule has 1 saturated heterocycles. The number of aromatic nitrogens is 1. The van der Waals surface area contributed by atoms with E-state index in [0.29, 0.717) is 31.0 Å². The molecule has 0 amide bonds. The summed E-state index contributed by atoms with van der Waals surface area (Å²) in [4.78, 5) is 18.4. The van der Waals surface area contributed by atoms with Gasteiger partial charge in [-0.2, -0.15) is 4.31 Å². The molecule has 0 spiro atoms. The SMILES string of the molecule is O=C(Cc1cccc(-c2ccc(S(=O)(=O)N3CCC[C@@H]3CO)cc2)n1)C1(c2ccc3c(c2)CCO3)CC1. The van der Waals surface area contributed by atoms with Crippen molar-refractivity contribution in [1.29, 1.82) is 0 Å². The van der Waals surface area contributed by atoms with Crippen molar-refractivity contribution in [2.45, 2.75) is 54.9 Å². The molecular weight excluding hydrogens is 488 g/mol. The number of aliphatic hydroxyl groups excluding tert-OH is 1. The average Bonchev–Trinajstić information content (AvgIpc) is 3.35. The van der Waals surface area contributed by atoms with E-state index < -0.39 is 15.4 Å². The fraction of sp³-hybridized carbons (Fsp3) is 0.379. The lowest BCUT2D eigenvalue weighted by Crippen LogP contribution is -2.37. The van der Waals surface area contributed by atoms with E-state index in [4.69, 9.17) is 9.72 Å². The summed E-state index contributed by atoms with van der Waals surface area (Å²) < 4.78 is 33.1. The Hall–Kier alpha value is -3.07. The van der Waals surface area contributed by atoms with Crippen molar-refractivity contribution in [3.63, 3.8) is 0 Å². The molecule has 8 heteroatoms. The molecular formula is C29H30N2O5S. The number of carbonyl (C=O) groups is 1. The highest BCUT2D eigenvalue weighted by Gasteiger charge is 2.50. The third kappa shape index (κ3) is 4.37. The van der Waals surface area contributed by atoms with E-state index in [1.54, 1.807) is 24.3 Å². The minimum Gasteiger partial charge on any atom is -0.493 e. The molecule has 3 heterocycles. The number of nitrogens with zero attached hydrogens (tertiary/aromatic N) is 2. The van der Waals surface area contributed by atoms with Crippen molar-refractivity contribution in [3.8, 4) is 17.0 Å². The van der Waals surface area contributed by atoms with E-state index in [0.717, 1.165) is 42.6 Å². The van der Waals surface area contributed by atoms with E-state index in [1.165, 1.54) is 9.87 Å². The number of ketones is 1. The lowest BCUT2D eigenvalue weighted by atomic mass is 9.87. The van der Waals surface area contributed by atoms with Crippen molar-refractivity contribution >= 4 is 15.8 Å². The van der Waals surface area contributed by atoms with Gasteiger partial charge in [0.25, 0.3) is 0 Å². The molecule has 1 aromatic heterocycles. The molecule has 1 aliphatic carbocycles. The van der Waals surface area contributed by atoms with Crippen LogP contribution < -0.4 is 4.74 Å². The smallest absolute Gasteiger partial charge is 0.243 e.